The van der Waals surface area contributed by atoms with Gasteiger partial charge in [0.05, 0.1) is 11.2 Å². The van der Waals surface area contributed by atoms with Crippen LogP contribution < -0.4 is 16.4 Å². The molecule has 0 bridgehead atoms. The molecular formula is C13H14FN3O2. The molecule has 0 unspecified atom stereocenters. The maximum Gasteiger partial charge on any atom is 0.244 e. The first-order chi connectivity index (χ1) is 8.98. The van der Waals surface area contributed by atoms with Crippen LogP contribution in [-0.2, 0) is 16.0 Å². The molecule has 1 saturated carbocycles. The molecule has 2 aliphatic rings. The lowest BCUT2D eigenvalue weighted by Gasteiger charge is -2.19. The summed E-state index contributed by atoms with van der Waals surface area (Å²) >= 11 is 0. The molecule has 0 spiro atoms. The third-order valence-electron chi connectivity index (χ3n) is 3.58. The lowest BCUT2D eigenvalue weighted by molar-refractivity contribution is -0.118. The molecule has 0 aromatic heterocycles. The largest absolute Gasteiger partial charge is 0.326 e. The van der Waals surface area contributed by atoms with Crippen LogP contribution in [0.5, 0.6) is 0 Å². The summed E-state index contributed by atoms with van der Waals surface area (Å²) in [6, 6.07) is 2.80. The predicted molar refractivity (Wildman–Crippen MR) is 68.1 cm³/mol. The average Bonchev–Trinajstić information content (AvgIpc) is 3.10. The van der Waals surface area contributed by atoms with Crippen LogP contribution >= 0.6 is 0 Å². The van der Waals surface area contributed by atoms with Gasteiger partial charge in [-0.1, -0.05) is 0 Å². The summed E-state index contributed by atoms with van der Waals surface area (Å²) in [5.41, 5.74) is 6.24. The van der Waals surface area contributed by atoms with Crippen LogP contribution in [0.4, 0.5) is 15.8 Å². The zero-order valence-corrected chi connectivity index (χ0v) is 10.3. The standard InChI is InChI=1S/C13H14FN3O2/c14-8-5-7-1-2-11(18)16-9(7)6-10(8)17-12(19)13(15)3-4-13/h5-6H,1-4,15H2,(H,16,18)(H,17,19). The number of fused-ring (bicyclic) bond motifs is 1. The fourth-order valence-corrected chi connectivity index (χ4v) is 2.10. The number of hydrogen-bond donors (Lipinski definition) is 3. The molecule has 3 rings (SSSR count). The van der Waals surface area contributed by atoms with Gasteiger partial charge in [0.25, 0.3) is 0 Å². The second-order valence-electron chi connectivity index (χ2n) is 5.15. The number of carbonyl (C=O) groups excluding carboxylic acids is 2. The highest BCUT2D eigenvalue weighted by Crippen LogP contribution is 2.34. The molecule has 0 radical (unpaired) electrons. The van der Waals surface area contributed by atoms with Crippen molar-refractivity contribution in [2.45, 2.75) is 31.2 Å². The number of halogens is 1. The van der Waals surface area contributed by atoms with Gasteiger partial charge in [-0.25, -0.2) is 4.39 Å². The zero-order valence-electron chi connectivity index (χ0n) is 10.3. The number of nitrogens with one attached hydrogen (secondary N) is 2. The molecule has 6 heteroatoms. The van der Waals surface area contributed by atoms with Crippen molar-refractivity contribution in [1.29, 1.82) is 0 Å². The van der Waals surface area contributed by atoms with Crippen LogP contribution in [0.15, 0.2) is 12.1 Å². The Bertz CT molecular complexity index is 581. The van der Waals surface area contributed by atoms with Crippen molar-refractivity contribution in [3.63, 3.8) is 0 Å². The minimum absolute atomic E-state index is 0.0580. The van der Waals surface area contributed by atoms with Crippen LogP contribution in [0.25, 0.3) is 0 Å². The van der Waals surface area contributed by atoms with Crippen LogP contribution in [0.1, 0.15) is 24.8 Å². The van der Waals surface area contributed by atoms with Gasteiger partial charge in [-0.15, -0.1) is 0 Å². The van der Waals surface area contributed by atoms with Crippen molar-refractivity contribution in [2.75, 3.05) is 10.6 Å². The topological polar surface area (TPSA) is 84.2 Å². The lowest BCUT2D eigenvalue weighted by atomic mass is 10.0. The third kappa shape index (κ3) is 2.19. The van der Waals surface area contributed by atoms with Crippen molar-refractivity contribution < 1.29 is 14.0 Å². The highest BCUT2D eigenvalue weighted by molar-refractivity contribution is 6.01. The maximum atomic E-state index is 13.9. The van der Waals surface area contributed by atoms with E-state index in [1.165, 1.54) is 12.1 Å². The minimum atomic E-state index is -0.856. The van der Waals surface area contributed by atoms with Crippen molar-refractivity contribution in [1.82, 2.24) is 0 Å². The Morgan fingerprint density at radius 1 is 1.37 bits per heavy atom. The molecule has 0 saturated heterocycles. The number of aryl methyl sites for hydroxylation is 1. The summed E-state index contributed by atoms with van der Waals surface area (Å²) in [5.74, 6) is -0.991. The molecule has 1 aliphatic heterocycles. The molecule has 4 N–H and O–H groups in total. The van der Waals surface area contributed by atoms with E-state index in [1.807, 2.05) is 0 Å². The first kappa shape index (κ1) is 12.1. The van der Waals surface area contributed by atoms with Crippen molar-refractivity contribution >= 4 is 23.2 Å². The molecule has 0 atom stereocenters. The predicted octanol–water partition coefficient (Wildman–Crippen LogP) is 1.14. The number of carbonyl (C=O) groups is 2. The molecular weight excluding hydrogens is 249 g/mol. The van der Waals surface area contributed by atoms with Crippen LogP contribution in [0.2, 0.25) is 0 Å². The summed E-state index contributed by atoms with van der Waals surface area (Å²) in [6.45, 7) is 0. The highest BCUT2D eigenvalue weighted by atomic mass is 19.1. The van der Waals surface area contributed by atoms with Gasteiger partial charge in [-0.05, 0) is 37.0 Å². The first-order valence-electron chi connectivity index (χ1n) is 6.20. The van der Waals surface area contributed by atoms with E-state index in [0.717, 1.165) is 5.56 Å². The third-order valence-corrected chi connectivity index (χ3v) is 3.58. The van der Waals surface area contributed by atoms with E-state index in [2.05, 4.69) is 10.6 Å². The highest BCUT2D eigenvalue weighted by Gasteiger charge is 2.46. The van der Waals surface area contributed by atoms with Gasteiger partial charge < -0.3 is 16.4 Å². The molecule has 1 heterocycles. The smallest absolute Gasteiger partial charge is 0.244 e. The molecule has 1 fully saturated rings. The van der Waals surface area contributed by atoms with E-state index in [0.29, 0.717) is 31.4 Å². The van der Waals surface area contributed by atoms with Crippen LogP contribution in [0.3, 0.4) is 0 Å². The number of nitrogens with two attached hydrogens (primary N) is 1. The molecule has 1 aromatic carbocycles. The Balaban J connectivity index is 1.87. The lowest BCUT2D eigenvalue weighted by Crippen LogP contribution is -2.38. The van der Waals surface area contributed by atoms with Crippen LogP contribution in [-0.4, -0.2) is 17.4 Å². The number of rotatable bonds is 2. The summed E-state index contributed by atoms with van der Waals surface area (Å²) in [7, 11) is 0. The van der Waals surface area contributed by atoms with E-state index in [-0.39, 0.29) is 17.5 Å². The van der Waals surface area contributed by atoms with E-state index in [9.17, 15) is 14.0 Å². The summed E-state index contributed by atoms with van der Waals surface area (Å²) in [5, 5.41) is 5.15. The van der Waals surface area contributed by atoms with Gasteiger partial charge in [-0.3, -0.25) is 9.59 Å². The van der Waals surface area contributed by atoms with Crippen LogP contribution in [0, 0.1) is 5.82 Å². The molecule has 2 amide bonds. The average molecular weight is 263 g/mol. The van der Waals surface area contributed by atoms with Gasteiger partial charge in [0.2, 0.25) is 11.8 Å². The number of anilines is 2. The minimum Gasteiger partial charge on any atom is -0.326 e. The van der Waals surface area contributed by atoms with E-state index in [1.54, 1.807) is 0 Å². The first-order valence-corrected chi connectivity index (χ1v) is 6.20. The SMILES string of the molecule is NC1(C(=O)Nc2cc3c(cc2F)CCC(=O)N3)CC1. The number of benzene rings is 1. The molecule has 100 valence electrons. The Morgan fingerprint density at radius 3 is 2.79 bits per heavy atom. The molecule has 5 nitrogen and oxygen atoms in total. The van der Waals surface area contributed by atoms with Gasteiger partial charge >= 0.3 is 0 Å². The van der Waals surface area contributed by atoms with Gasteiger partial charge in [-0.2, -0.15) is 0 Å². The van der Waals surface area contributed by atoms with Gasteiger partial charge in [0, 0.05) is 12.1 Å². The fraction of sp³-hybridized carbons (Fsp3) is 0.385. The van der Waals surface area contributed by atoms with Gasteiger partial charge in [0.1, 0.15) is 5.82 Å². The summed E-state index contributed by atoms with van der Waals surface area (Å²) in [4.78, 5) is 23.1. The molecule has 1 aromatic rings. The Hall–Kier alpha value is -1.95. The Kier molecular flexibility index (Phi) is 2.56. The Labute approximate surface area is 109 Å². The number of hydrogen-bond acceptors (Lipinski definition) is 3. The second-order valence-corrected chi connectivity index (χ2v) is 5.15. The fourth-order valence-electron chi connectivity index (χ4n) is 2.10. The van der Waals surface area contributed by atoms with Crippen molar-refractivity contribution in [2.24, 2.45) is 5.73 Å². The molecule has 19 heavy (non-hydrogen) atoms. The summed E-state index contributed by atoms with van der Waals surface area (Å²) in [6.07, 6.45) is 2.08. The maximum absolute atomic E-state index is 13.9. The zero-order chi connectivity index (χ0) is 13.6. The van der Waals surface area contributed by atoms with Crippen molar-refractivity contribution in [3.05, 3.63) is 23.5 Å². The summed E-state index contributed by atoms with van der Waals surface area (Å²) < 4.78 is 13.9. The monoisotopic (exact) mass is 263 g/mol. The quantitative estimate of drug-likeness (QED) is 0.748. The Morgan fingerprint density at radius 2 is 2.11 bits per heavy atom. The van der Waals surface area contributed by atoms with Crippen molar-refractivity contribution in [3.8, 4) is 0 Å². The van der Waals surface area contributed by atoms with Gasteiger partial charge in [0.15, 0.2) is 0 Å². The normalized spacial score (nSPS) is 19.4. The van der Waals surface area contributed by atoms with E-state index >= 15 is 0 Å². The van der Waals surface area contributed by atoms with E-state index in [4.69, 9.17) is 5.73 Å². The van der Waals surface area contributed by atoms with E-state index < -0.39 is 11.4 Å². The number of amides is 2. The second kappa shape index (κ2) is 4.03. The molecule has 1 aliphatic carbocycles.